The number of nitrogens with zero attached hydrogens (tertiary/aromatic N) is 1. The van der Waals surface area contributed by atoms with Crippen molar-refractivity contribution in [3.05, 3.63) is 59.3 Å². The first kappa shape index (κ1) is 10.9. The van der Waals surface area contributed by atoms with E-state index in [2.05, 4.69) is 6.07 Å². The van der Waals surface area contributed by atoms with E-state index in [1.165, 1.54) is 0 Å². The zero-order chi connectivity index (χ0) is 12.5. The molecule has 0 amide bonds. The van der Waals surface area contributed by atoms with E-state index < -0.39 is 0 Å². The molecule has 0 aliphatic heterocycles. The number of hydrogen-bond donors (Lipinski definition) is 0. The minimum atomic E-state index is 0.320. The molecule has 0 aliphatic carbocycles. The van der Waals surface area contributed by atoms with Crippen molar-refractivity contribution in [3.8, 4) is 17.4 Å². The Labute approximate surface area is 109 Å². The molecule has 0 aliphatic rings. The average Bonchev–Trinajstić information content (AvgIpc) is 2.77. The lowest BCUT2D eigenvalue weighted by molar-refractivity contribution is 0.572. The molecule has 0 unspecified atom stereocenters. The molecule has 3 heteroatoms. The first-order chi connectivity index (χ1) is 8.79. The summed E-state index contributed by atoms with van der Waals surface area (Å²) in [7, 11) is 0. The summed E-state index contributed by atoms with van der Waals surface area (Å²) in [5, 5.41) is 11.4. The second-order valence-electron chi connectivity index (χ2n) is 3.93. The van der Waals surface area contributed by atoms with Gasteiger partial charge in [0.2, 0.25) is 5.76 Å². The zero-order valence-corrected chi connectivity index (χ0v) is 10.1. The number of furan rings is 1. The molecule has 86 valence electrons. The van der Waals surface area contributed by atoms with E-state index in [0.717, 1.165) is 16.3 Å². The SMILES string of the molecule is N#Cc1oc(-c2ccccc2)c2cc(Cl)ccc12. The fourth-order valence-corrected chi connectivity index (χ4v) is 2.17. The van der Waals surface area contributed by atoms with E-state index in [1.54, 1.807) is 6.07 Å². The van der Waals surface area contributed by atoms with Gasteiger partial charge in [-0.25, -0.2) is 0 Å². The molecule has 18 heavy (non-hydrogen) atoms. The van der Waals surface area contributed by atoms with Crippen LogP contribution in [-0.4, -0.2) is 0 Å². The van der Waals surface area contributed by atoms with Crippen LogP contribution in [0.4, 0.5) is 0 Å². The predicted molar refractivity (Wildman–Crippen MR) is 71.4 cm³/mol. The van der Waals surface area contributed by atoms with Gasteiger partial charge in [0.15, 0.2) is 0 Å². The van der Waals surface area contributed by atoms with Gasteiger partial charge in [-0.1, -0.05) is 41.9 Å². The number of halogens is 1. The summed E-state index contributed by atoms with van der Waals surface area (Å²) in [6.45, 7) is 0. The van der Waals surface area contributed by atoms with Gasteiger partial charge in [0.05, 0.1) is 0 Å². The summed E-state index contributed by atoms with van der Waals surface area (Å²) < 4.78 is 5.64. The van der Waals surface area contributed by atoms with Crippen LogP contribution in [0.25, 0.3) is 22.1 Å². The topological polar surface area (TPSA) is 36.9 Å². The molecular weight excluding hydrogens is 246 g/mol. The van der Waals surface area contributed by atoms with E-state index in [-0.39, 0.29) is 0 Å². The molecule has 0 N–H and O–H groups in total. The van der Waals surface area contributed by atoms with Crippen LogP contribution in [0.1, 0.15) is 5.76 Å². The molecule has 1 heterocycles. The number of nitriles is 1. The fourth-order valence-electron chi connectivity index (χ4n) is 2.00. The second-order valence-corrected chi connectivity index (χ2v) is 4.36. The summed E-state index contributed by atoms with van der Waals surface area (Å²) >= 11 is 6.01. The van der Waals surface area contributed by atoms with Crippen molar-refractivity contribution < 1.29 is 4.42 Å². The van der Waals surface area contributed by atoms with Gasteiger partial charge in [0.25, 0.3) is 0 Å². The number of hydrogen-bond acceptors (Lipinski definition) is 2. The van der Waals surface area contributed by atoms with Crippen LogP contribution in [0.5, 0.6) is 0 Å². The van der Waals surface area contributed by atoms with Crippen LogP contribution in [0.3, 0.4) is 0 Å². The van der Waals surface area contributed by atoms with E-state index >= 15 is 0 Å². The summed E-state index contributed by atoms with van der Waals surface area (Å²) in [6, 6.07) is 17.2. The third kappa shape index (κ3) is 1.66. The standard InChI is InChI=1S/C15H8ClNO/c16-11-6-7-12-13(8-11)15(18-14(12)9-17)10-4-2-1-3-5-10/h1-8H. The lowest BCUT2D eigenvalue weighted by Gasteiger charge is -1.97. The van der Waals surface area contributed by atoms with Gasteiger partial charge < -0.3 is 4.42 Å². The lowest BCUT2D eigenvalue weighted by atomic mass is 10.1. The van der Waals surface area contributed by atoms with Crippen molar-refractivity contribution in [3.63, 3.8) is 0 Å². The zero-order valence-electron chi connectivity index (χ0n) is 9.35. The van der Waals surface area contributed by atoms with Crippen LogP contribution >= 0.6 is 11.6 Å². The number of rotatable bonds is 1. The Balaban J connectivity index is 2.37. The minimum Gasteiger partial charge on any atom is -0.444 e. The highest BCUT2D eigenvalue weighted by Gasteiger charge is 2.14. The Morgan fingerprint density at radius 2 is 1.78 bits per heavy atom. The maximum Gasteiger partial charge on any atom is 0.212 e. The summed E-state index contributed by atoms with van der Waals surface area (Å²) in [5.41, 5.74) is 0.936. The molecule has 3 rings (SSSR count). The molecule has 0 radical (unpaired) electrons. The van der Waals surface area contributed by atoms with Crippen LogP contribution in [0.2, 0.25) is 5.02 Å². The summed E-state index contributed by atoms with van der Waals surface area (Å²) in [4.78, 5) is 0. The van der Waals surface area contributed by atoms with Gasteiger partial charge in [-0.3, -0.25) is 0 Å². The van der Waals surface area contributed by atoms with Gasteiger partial charge in [-0.2, -0.15) is 5.26 Å². The van der Waals surface area contributed by atoms with Gasteiger partial charge >= 0.3 is 0 Å². The van der Waals surface area contributed by atoms with Crippen LogP contribution in [0, 0.1) is 11.3 Å². The molecular formula is C15H8ClNO. The van der Waals surface area contributed by atoms with Gasteiger partial charge in [-0.05, 0) is 18.2 Å². The Hall–Kier alpha value is -2.24. The first-order valence-electron chi connectivity index (χ1n) is 5.47. The highest BCUT2D eigenvalue weighted by molar-refractivity contribution is 6.31. The molecule has 3 aromatic rings. The quantitative estimate of drug-likeness (QED) is 0.634. The molecule has 1 aromatic heterocycles. The van der Waals surface area contributed by atoms with Crippen molar-refractivity contribution in [2.45, 2.75) is 0 Å². The van der Waals surface area contributed by atoms with E-state index in [4.69, 9.17) is 21.3 Å². The van der Waals surface area contributed by atoms with Crippen molar-refractivity contribution in [2.24, 2.45) is 0 Å². The van der Waals surface area contributed by atoms with Gasteiger partial charge in [-0.15, -0.1) is 0 Å². The normalized spacial score (nSPS) is 10.4. The largest absolute Gasteiger partial charge is 0.444 e. The molecule has 0 bridgehead atoms. The molecule has 0 saturated carbocycles. The lowest BCUT2D eigenvalue weighted by Crippen LogP contribution is -1.74. The molecule has 0 fully saturated rings. The molecule has 0 saturated heterocycles. The van der Waals surface area contributed by atoms with Crippen molar-refractivity contribution in [2.75, 3.05) is 0 Å². The third-order valence-electron chi connectivity index (χ3n) is 2.81. The highest BCUT2D eigenvalue weighted by Crippen LogP contribution is 2.34. The number of benzene rings is 2. The van der Waals surface area contributed by atoms with Crippen LogP contribution in [-0.2, 0) is 0 Å². The first-order valence-corrected chi connectivity index (χ1v) is 5.85. The number of fused-ring (bicyclic) bond motifs is 1. The monoisotopic (exact) mass is 253 g/mol. The van der Waals surface area contributed by atoms with Crippen molar-refractivity contribution in [1.29, 1.82) is 5.26 Å². The molecule has 2 aromatic carbocycles. The highest BCUT2D eigenvalue weighted by atomic mass is 35.5. The molecule has 2 nitrogen and oxygen atoms in total. The third-order valence-corrected chi connectivity index (χ3v) is 3.05. The summed E-state index contributed by atoms with van der Waals surface area (Å²) in [5.74, 6) is 1.00. The maximum absolute atomic E-state index is 9.09. The predicted octanol–water partition coefficient (Wildman–Crippen LogP) is 4.62. The molecule has 0 spiro atoms. The Morgan fingerprint density at radius 3 is 2.50 bits per heavy atom. The maximum atomic E-state index is 9.09. The summed E-state index contributed by atoms with van der Waals surface area (Å²) in [6.07, 6.45) is 0. The smallest absolute Gasteiger partial charge is 0.212 e. The van der Waals surface area contributed by atoms with E-state index in [9.17, 15) is 0 Å². The Kier molecular flexibility index (Phi) is 2.55. The van der Waals surface area contributed by atoms with E-state index in [0.29, 0.717) is 16.5 Å². The van der Waals surface area contributed by atoms with Crippen molar-refractivity contribution >= 4 is 22.4 Å². The van der Waals surface area contributed by atoms with Gasteiger partial charge in [0.1, 0.15) is 11.8 Å². The van der Waals surface area contributed by atoms with Gasteiger partial charge in [0, 0.05) is 21.4 Å². The Bertz CT molecular complexity index is 753. The van der Waals surface area contributed by atoms with Crippen LogP contribution in [0.15, 0.2) is 52.9 Å². The average molecular weight is 254 g/mol. The van der Waals surface area contributed by atoms with Crippen LogP contribution < -0.4 is 0 Å². The van der Waals surface area contributed by atoms with E-state index in [1.807, 2.05) is 42.5 Å². The Morgan fingerprint density at radius 1 is 1.00 bits per heavy atom. The van der Waals surface area contributed by atoms with Crippen molar-refractivity contribution in [1.82, 2.24) is 0 Å². The second kappa shape index (κ2) is 4.21. The fraction of sp³-hybridized carbons (Fsp3) is 0. The molecule has 0 atom stereocenters. The minimum absolute atomic E-state index is 0.320.